The molecule has 0 spiro atoms. The number of hydrogen-bond acceptors (Lipinski definition) is 5. The normalized spacial score (nSPS) is 15.6. The number of nitrogens with zero attached hydrogens (tertiary/aromatic N) is 2. The first kappa shape index (κ1) is 23.5. The van der Waals surface area contributed by atoms with E-state index in [9.17, 15) is 13.2 Å². The molecular formula is C26H27N3O4S. The second-order valence-corrected chi connectivity index (χ2v) is 9.51. The minimum Gasteiger partial charge on any atom is -0.494 e. The number of hydrogen-bond donors (Lipinski definition) is 1. The Kier molecular flexibility index (Phi) is 6.98. The third kappa shape index (κ3) is 4.97. The lowest BCUT2D eigenvalue weighted by atomic mass is 9.97. The highest BCUT2D eigenvalue weighted by molar-refractivity contribution is 7.92. The summed E-state index contributed by atoms with van der Waals surface area (Å²) in [6.45, 7) is 4.30. The van der Waals surface area contributed by atoms with Gasteiger partial charge in [0, 0.05) is 18.4 Å². The fourth-order valence-electron chi connectivity index (χ4n) is 3.90. The van der Waals surface area contributed by atoms with E-state index in [1.807, 2.05) is 43.3 Å². The fourth-order valence-corrected chi connectivity index (χ4v) is 5.01. The van der Waals surface area contributed by atoms with E-state index in [1.54, 1.807) is 49.4 Å². The monoisotopic (exact) mass is 477 g/mol. The molecule has 34 heavy (non-hydrogen) atoms. The van der Waals surface area contributed by atoms with Crippen molar-refractivity contribution in [1.82, 2.24) is 5.01 Å². The van der Waals surface area contributed by atoms with Crippen molar-refractivity contribution in [2.45, 2.75) is 37.6 Å². The lowest BCUT2D eigenvalue weighted by molar-refractivity contribution is -0.132. The molecule has 0 aliphatic carbocycles. The van der Waals surface area contributed by atoms with Crippen LogP contribution >= 0.6 is 0 Å². The summed E-state index contributed by atoms with van der Waals surface area (Å²) in [7, 11) is -3.78. The van der Waals surface area contributed by atoms with E-state index in [4.69, 9.17) is 4.74 Å². The lowest BCUT2D eigenvalue weighted by Gasteiger charge is -2.21. The van der Waals surface area contributed by atoms with Crippen molar-refractivity contribution in [1.29, 1.82) is 0 Å². The van der Waals surface area contributed by atoms with Gasteiger partial charge in [0.15, 0.2) is 0 Å². The highest BCUT2D eigenvalue weighted by Crippen LogP contribution is 2.36. The highest BCUT2D eigenvalue weighted by atomic mass is 32.2. The van der Waals surface area contributed by atoms with Gasteiger partial charge in [-0.3, -0.25) is 9.52 Å². The molecule has 3 aromatic rings. The van der Waals surface area contributed by atoms with Crippen LogP contribution in [0, 0.1) is 0 Å². The third-order valence-electron chi connectivity index (χ3n) is 5.58. The maximum atomic E-state index is 12.9. The lowest BCUT2D eigenvalue weighted by Crippen LogP contribution is -2.26. The predicted octanol–water partition coefficient (Wildman–Crippen LogP) is 4.97. The molecule has 1 N–H and O–H groups in total. The van der Waals surface area contributed by atoms with Gasteiger partial charge in [0.05, 0.1) is 28.9 Å². The quantitative estimate of drug-likeness (QED) is 0.496. The third-order valence-corrected chi connectivity index (χ3v) is 6.96. The fraction of sp³-hybridized carbons (Fsp3) is 0.231. The van der Waals surface area contributed by atoms with Gasteiger partial charge < -0.3 is 4.74 Å². The minimum atomic E-state index is -3.78. The molecule has 1 aliphatic heterocycles. The number of para-hydroxylation sites is 1. The number of amides is 1. The molecule has 1 amide bonds. The molecule has 0 aromatic heterocycles. The van der Waals surface area contributed by atoms with E-state index in [0.29, 0.717) is 36.4 Å². The molecule has 1 aliphatic rings. The molecular weight excluding hydrogens is 450 g/mol. The Labute approximate surface area is 200 Å². The summed E-state index contributed by atoms with van der Waals surface area (Å²) >= 11 is 0. The molecule has 0 bridgehead atoms. The zero-order valence-electron chi connectivity index (χ0n) is 19.1. The molecule has 7 nitrogen and oxygen atoms in total. The van der Waals surface area contributed by atoms with Crippen molar-refractivity contribution >= 4 is 27.3 Å². The van der Waals surface area contributed by atoms with Crippen LogP contribution in [0.3, 0.4) is 0 Å². The van der Waals surface area contributed by atoms with Crippen LogP contribution in [0.4, 0.5) is 5.69 Å². The van der Waals surface area contributed by atoms with E-state index < -0.39 is 10.0 Å². The van der Waals surface area contributed by atoms with Crippen molar-refractivity contribution in [3.05, 3.63) is 90.0 Å². The summed E-state index contributed by atoms with van der Waals surface area (Å²) < 4.78 is 34.1. The van der Waals surface area contributed by atoms with Crippen LogP contribution in [0.2, 0.25) is 0 Å². The van der Waals surface area contributed by atoms with Crippen molar-refractivity contribution in [3.8, 4) is 5.75 Å². The first-order valence-electron chi connectivity index (χ1n) is 11.2. The van der Waals surface area contributed by atoms with Gasteiger partial charge in [0.1, 0.15) is 5.75 Å². The van der Waals surface area contributed by atoms with E-state index >= 15 is 0 Å². The van der Waals surface area contributed by atoms with Crippen molar-refractivity contribution in [2.24, 2.45) is 5.10 Å². The van der Waals surface area contributed by atoms with Crippen LogP contribution in [-0.2, 0) is 14.8 Å². The van der Waals surface area contributed by atoms with Gasteiger partial charge in [-0.2, -0.15) is 5.10 Å². The van der Waals surface area contributed by atoms with E-state index in [-0.39, 0.29) is 16.8 Å². The van der Waals surface area contributed by atoms with Gasteiger partial charge in [-0.25, -0.2) is 13.4 Å². The van der Waals surface area contributed by atoms with Gasteiger partial charge >= 0.3 is 0 Å². The number of anilines is 1. The standard InChI is InChI=1S/C26H27N3O4S/c1-3-26(30)29-25(19-14-16-20(17-15-19)33-4-2)18-24(27-29)22-12-8-9-13-23(22)28-34(31,32)21-10-6-5-7-11-21/h5-17,25,28H,3-4,18H2,1-2H3/t25-/m0/s1. The van der Waals surface area contributed by atoms with E-state index in [2.05, 4.69) is 9.82 Å². The average Bonchev–Trinajstić information content (AvgIpc) is 3.30. The van der Waals surface area contributed by atoms with Crippen molar-refractivity contribution in [2.75, 3.05) is 11.3 Å². The Morgan fingerprint density at radius 3 is 2.35 bits per heavy atom. The summed E-state index contributed by atoms with van der Waals surface area (Å²) in [5.41, 5.74) is 2.64. The number of benzene rings is 3. The number of rotatable bonds is 8. The zero-order valence-corrected chi connectivity index (χ0v) is 20.0. The Morgan fingerprint density at radius 2 is 1.68 bits per heavy atom. The number of carbonyl (C=O) groups is 1. The largest absolute Gasteiger partial charge is 0.494 e. The highest BCUT2D eigenvalue weighted by Gasteiger charge is 2.33. The first-order valence-corrected chi connectivity index (χ1v) is 12.7. The summed E-state index contributed by atoms with van der Waals surface area (Å²) in [6, 6.07) is 22.7. The van der Waals surface area contributed by atoms with Crippen molar-refractivity contribution in [3.63, 3.8) is 0 Å². The predicted molar refractivity (Wildman–Crippen MR) is 132 cm³/mol. The number of hydrazone groups is 1. The summed E-state index contributed by atoms with van der Waals surface area (Å²) in [6.07, 6.45) is 0.774. The summed E-state index contributed by atoms with van der Waals surface area (Å²) in [4.78, 5) is 12.9. The van der Waals surface area contributed by atoms with Crippen molar-refractivity contribution < 1.29 is 17.9 Å². The Morgan fingerprint density at radius 1 is 1.00 bits per heavy atom. The zero-order chi connectivity index (χ0) is 24.1. The molecule has 0 saturated carbocycles. The van der Waals surface area contributed by atoms with Crippen LogP contribution in [0.1, 0.15) is 43.9 Å². The number of ether oxygens (including phenoxy) is 1. The topological polar surface area (TPSA) is 88.1 Å². The Balaban J connectivity index is 1.66. The van der Waals surface area contributed by atoms with Crippen LogP contribution in [0.25, 0.3) is 0 Å². The van der Waals surface area contributed by atoms with E-state index in [1.165, 1.54) is 5.01 Å². The SMILES string of the molecule is CCOc1ccc([C@@H]2CC(c3ccccc3NS(=O)(=O)c3ccccc3)=NN2C(=O)CC)cc1. The molecule has 8 heteroatoms. The maximum absolute atomic E-state index is 12.9. The van der Waals surface area contributed by atoms with Crippen LogP contribution in [0.5, 0.6) is 5.75 Å². The Bertz CT molecular complexity index is 1290. The molecule has 1 heterocycles. The van der Waals surface area contributed by atoms with Crippen LogP contribution < -0.4 is 9.46 Å². The molecule has 0 fully saturated rings. The maximum Gasteiger partial charge on any atom is 0.261 e. The molecule has 3 aromatic carbocycles. The summed E-state index contributed by atoms with van der Waals surface area (Å²) in [5.74, 6) is 0.663. The Hall–Kier alpha value is -3.65. The summed E-state index contributed by atoms with van der Waals surface area (Å²) in [5, 5.41) is 6.15. The number of nitrogens with one attached hydrogen (secondary N) is 1. The second kappa shape index (κ2) is 10.1. The molecule has 0 saturated heterocycles. The first-order chi connectivity index (χ1) is 16.4. The molecule has 176 valence electrons. The van der Waals surface area contributed by atoms with E-state index in [0.717, 1.165) is 11.3 Å². The number of carbonyl (C=O) groups excluding carboxylic acids is 1. The van der Waals surface area contributed by atoms with Gasteiger partial charge in [-0.15, -0.1) is 0 Å². The van der Waals surface area contributed by atoms with Gasteiger partial charge in [0.25, 0.3) is 10.0 Å². The molecule has 1 atom stereocenters. The molecule has 4 rings (SSSR count). The van der Waals surface area contributed by atoms with Gasteiger partial charge in [0.2, 0.25) is 5.91 Å². The smallest absolute Gasteiger partial charge is 0.261 e. The second-order valence-electron chi connectivity index (χ2n) is 7.82. The average molecular weight is 478 g/mol. The molecule has 0 radical (unpaired) electrons. The van der Waals surface area contributed by atoms with Gasteiger partial charge in [-0.1, -0.05) is 55.5 Å². The van der Waals surface area contributed by atoms with Crippen LogP contribution in [0.15, 0.2) is 88.9 Å². The minimum absolute atomic E-state index is 0.101. The molecule has 0 unspecified atom stereocenters. The van der Waals surface area contributed by atoms with Crippen LogP contribution in [-0.4, -0.2) is 31.7 Å². The van der Waals surface area contributed by atoms with Gasteiger partial charge in [-0.05, 0) is 42.8 Å². The number of sulfonamides is 1.